The molecule has 36 heavy (non-hydrogen) atoms. The zero-order valence-electron chi connectivity index (χ0n) is 20.3. The Balaban J connectivity index is 1.77. The molecule has 4 rings (SSSR count). The molecule has 10 nitrogen and oxygen atoms in total. The van der Waals surface area contributed by atoms with Crippen LogP contribution in [0.2, 0.25) is 0 Å². The summed E-state index contributed by atoms with van der Waals surface area (Å²) < 4.78 is 64.1. The summed E-state index contributed by atoms with van der Waals surface area (Å²) in [6, 6.07) is 10.6. The Kier molecular flexibility index (Phi) is 6.43. The van der Waals surface area contributed by atoms with E-state index in [1.54, 1.807) is 32.0 Å². The number of ether oxygens (including phenoxy) is 1. The van der Waals surface area contributed by atoms with Crippen LogP contribution < -0.4 is 8.49 Å². The van der Waals surface area contributed by atoms with Gasteiger partial charge in [-0.1, -0.05) is 23.8 Å². The maximum atomic E-state index is 13.6. The largest absolute Gasteiger partial charge is 0.492 e. The summed E-state index contributed by atoms with van der Waals surface area (Å²) in [7, 11) is -5.22. The highest BCUT2D eigenvalue weighted by molar-refractivity contribution is 7.95. The zero-order chi connectivity index (χ0) is 26.4. The predicted molar refractivity (Wildman–Crippen MR) is 134 cm³/mol. The molecule has 0 spiro atoms. The topological polar surface area (TPSA) is 125 Å². The molecule has 0 saturated carbocycles. The van der Waals surface area contributed by atoms with Gasteiger partial charge >= 0.3 is 10.1 Å². The van der Waals surface area contributed by atoms with E-state index in [-0.39, 0.29) is 45.6 Å². The first-order valence-corrected chi connectivity index (χ1v) is 13.8. The van der Waals surface area contributed by atoms with Crippen molar-refractivity contribution in [2.45, 2.75) is 25.7 Å². The molecule has 0 radical (unpaired) electrons. The molecule has 2 aromatic carbocycles. The lowest BCUT2D eigenvalue weighted by molar-refractivity contribution is 0.103. The van der Waals surface area contributed by atoms with Gasteiger partial charge in [0.1, 0.15) is 16.2 Å². The van der Waals surface area contributed by atoms with Crippen molar-refractivity contribution in [2.24, 2.45) is 7.05 Å². The van der Waals surface area contributed by atoms with Crippen LogP contribution in [-0.4, -0.2) is 46.1 Å². The zero-order valence-corrected chi connectivity index (χ0v) is 22.0. The first-order chi connectivity index (χ1) is 16.9. The Hall–Kier alpha value is -3.64. The fourth-order valence-corrected chi connectivity index (χ4v) is 5.83. The van der Waals surface area contributed by atoms with E-state index in [0.717, 1.165) is 15.3 Å². The average Bonchev–Trinajstić information content (AvgIpc) is 3.08. The summed E-state index contributed by atoms with van der Waals surface area (Å²) in [5, 5.41) is 5.22. The minimum atomic E-state index is -4.25. The number of anilines is 1. The van der Waals surface area contributed by atoms with Gasteiger partial charge in [0.05, 0.1) is 23.4 Å². The molecule has 0 bridgehead atoms. The van der Waals surface area contributed by atoms with E-state index < -0.39 is 25.9 Å². The number of benzene rings is 2. The molecule has 2 heterocycles. The van der Waals surface area contributed by atoms with Crippen molar-refractivity contribution >= 4 is 37.4 Å². The highest BCUT2D eigenvalue weighted by atomic mass is 32.2. The average molecular weight is 532 g/mol. The highest BCUT2D eigenvalue weighted by Gasteiger charge is 2.31. The highest BCUT2D eigenvalue weighted by Crippen LogP contribution is 2.37. The van der Waals surface area contributed by atoms with Gasteiger partial charge in [-0.3, -0.25) is 9.10 Å². The Labute approximate surface area is 209 Å². The Morgan fingerprint density at radius 1 is 1.06 bits per heavy atom. The first-order valence-electron chi connectivity index (χ1n) is 10.9. The number of hydrogen-bond donors (Lipinski definition) is 0. The van der Waals surface area contributed by atoms with Gasteiger partial charge in [0.15, 0.2) is 5.78 Å². The van der Waals surface area contributed by atoms with Crippen molar-refractivity contribution in [3.05, 3.63) is 75.8 Å². The smallest absolute Gasteiger partial charge is 0.340 e. The summed E-state index contributed by atoms with van der Waals surface area (Å²) in [6.07, 6.45) is 0. The van der Waals surface area contributed by atoms with Gasteiger partial charge in [-0.15, -0.1) is 0 Å². The quantitative estimate of drug-likeness (QED) is 0.336. The van der Waals surface area contributed by atoms with Crippen molar-refractivity contribution < 1.29 is 30.6 Å². The van der Waals surface area contributed by atoms with Gasteiger partial charge in [0.2, 0.25) is 5.88 Å². The lowest BCUT2D eigenvalue weighted by Crippen LogP contribution is -2.29. The third-order valence-corrected chi connectivity index (χ3v) is 8.40. The second-order valence-corrected chi connectivity index (χ2v) is 11.6. The van der Waals surface area contributed by atoms with Gasteiger partial charge in [-0.2, -0.15) is 13.5 Å². The van der Waals surface area contributed by atoms with Crippen molar-refractivity contribution in [1.29, 1.82) is 0 Å². The molecule has 3 aromatic rings. The van der Waals surface area contributed by atoms with Crippen molar-refractivity contribution in [2.75, 3.05) is 18.0 Å². The molecule has 190 valence electrons. The number of hydrogen-bond acceptors (Lipinski definition) is 8. The van der Waals surface area contributed by atoms with Crippen LogP contribution in [0.25, 0.3) is 5.76 Å². The number of carbonyl (C=O) groups is 1. The fraction of sp³-hybridized carbons (Fsp3) is 0.250. The normalized spacial score (nSPS) is 14.7. The number of aryl methyl sites for hydroxylation is 3. The number of ketones is 1. The van der Waals surface area contributed by atoms with Crippen LogP contribution in [0.4, 0.5) is 5.69 Å². The molecular formula is C24H25N3O7S2. The molecule has 0 N–H and O–H groups in total. The van der Waals surface area contributed by atoms with E-state index >= 15 is 0 Å². The van der Waals surface area contributed by atoms with Gasteiger partial charge in [0.25, 0.3) is 10.0 Å². The van der Waals surface area contributed by atoms with Crippen molar-refractivity contribution in [3.8, 4) is 5.88 Å². The molecule has 0 unspecified atom stereocenters. The Morgan fingerprint density at radius 3 is 2.36 bits per heavy atom. The third-order valence-electron chi connectivity index (χ3n) is 5.70. The molecule has 12 heteroatoms. The monoisotopic (exact) mass is 531 g/mol. The van der Waals surface area contributed by atoms with E-state index in [1.807, 2.05) is 6.92 Å². The molecule has 1 aliphatic rings. The van der Waals surface area contributed by atoms with Crippen LogP contribution in [0.3, 0.4) is 0 Å². The van der Waals surface area contributed by atoms with Crippen molar-refractivity contribution in [1.82, 2.24) is 9.78 Å². The molecule has 1 aromatic heterocycles. The lowest BCUT2D eigenvalue weighted by Gasteiger charge is -2.27. The van der Waals surface area contributed by atoms with E-state index in [4.69, 9.17) is 8.92 Å². The molecule has 0 aliphatic carbocycles. The van der Waals surface area contributed by atoms with Crippen LogP contribution in [0, 0.1) is 13.8 Å². The summed E-state index contributed by atoms with van der Waals surface area (Å²) in [5.41, 5.74) is 1.97. The third kappa shape index (κ3) is 4.49. The Morgan fingerprint density at radius 2 is 1.72 bits per heavy atom. The van der Waals surface area contributed by atoms with Crippen LogP contribution in [0.15, 0.2) is 52.8 Å². The molecule has 0 atom stereocenters. The van der Waals surface area contributed by atoms with E-state index in [9.17, 15) is 21.6 Å². The summed E-state index contributed by atoms with van der Waals surface area (Å²) in [6.45, 7) is 5.38. The molecule has 0 amide bonds. The minimum absolute atomic E-state index is 0.0463. The van der Waals surface area contributed by atoms with Gasteiger partial charge in [-0.05, 0) is 45.0 Å². The number of nitrogens with zero attached hydrogens (tertiary/aromatic N) is 3. The standard InChI is InChI=1S/C24H25N3O7S2/c1-6-33-21-14-35(29,30)27(5)20-13-17(9-12-19(20)21)23(28)22-16(3)25-26(4)24(22)34-36(31,32)18-10-7-15(2)8-11-18/h7-14H,6H2,1-5H3. The van der Waals surface area contributed by atoms with Crippen LogP contribution >= 0.6 is 0 Å². The number of sulfonamides is 1. The van der Waals surface area contributed by atoms with E-state index in [1.165, 1.54) is 43.0 Å². The Bertz CT molecular complexity index is 1600. The lowest BCUT2D eigenvalue weighted by atomic mass is 10.00. The number of rotatable bonds is 7. The minimum Gasteiger partial charge on any atom is -0.492 e. The molecule has 1 aliphatic heterocycles. The summed E-state index contributed by atoms with van der Waals surface area (Å²) in [5.74, 6) is -0.641. The molecule has 0 fully saturated rings. The van der Waals surface area contributed by atoms with Crippen LogP contribution in [0.5, 0.6) is 5.88 Å². The number of aromatic nitrogens is 2. The predicted octanol–water partition coefficient (Wildman–Crippen LogP) is 3.15. The summed E-state index contributed by atoms with van der Waals surface area (Å²) in [4.78, 5) is 13.5. The van der Waals surface area contributed by atoms with Crippen LogP contribution in [0.1, 0.15) is 39.7 Å². The second kappa shape index (κ2) is 9.10. The van der Waals surface area contributed by atoms with Gasteiger partial charge in [-0.25, -0.2) is 13.1 Å². The van der Waals surface area contributed by atoms with Crippen LogP contribution in [-0.2, 0) is 31.9 Å². The van der Waals surface area contributed by atoms with Gasteiger partial charge in [0, 0.05) is 25.2 Å². The van der Waals surface area contributed by atoms with Gasteiger partial charge < -0.3 is 8.92 Å². The maximum absolute atomic E-state index is 13.6. The van der Waals surface area contributed by atoms with E-state index in [2.05, 4.69) is 5.10 Å². The van der Waals surface area contributed by atoms with Crippen molar-refractivity contribution in [3.63, 3.8) is 0 Å². The number of carbonyl (C=O) groups excluding carboxylic acids is 1. The molecule has 0 saturated heterocycles. The number of fused-ring (bicyclic) bond motifs is 1. The summed E-state index contributed by atoms with van der Waals surface area (Å²) >= 11 is 0. The maximum Gasteiger partial charge on any atom is 0.340 e. The van der Waals surface area contributed by atoms with E-state index in [0.29, 0.717) is 5.56 Å². The first kappa shape index (κ1) is 25.5. The SMILES string of the molecule is CCOC1=CS(=O)(=O)N(C)c2cc(C(=O)c3c(C)nn(C)c3OS(=O)(=O)c3ccc(C)cc3)ccc21. The second-order valence-electron chi connectivity index (χ2n) is 8.23. The fourth-order valence-electron chi connectivity index (χ4n) is 3.82. The molecular weight excluding hydrogens is 506 g/mol.